The Labute approximate surface area is 181 Å². The number of pyridine rings is 1. The minimum Gasteiger partial charge on any atom is -0.382 e. The Balaban J connectivity index is 1.46. The van der Waals surface area contributed by atoms with Crippen molar-refractivity contribution in [1.29, 1.82) is 0 Å². The summed E-state index contributed by atoms with van der Waals surface area (Å²) >= 11 is 0. The van der Waals surface area contributed by atoms with E-state index < -0.39 is 0 Å². The molecule has 160 valence electrons. The molecule has 0 aliphatic carbocycles. The van der Waals surface area contributed by atoms with Gasteiger partial charge in [0, 0.05) is 50.7 Å². The van der Waals surface area contributed by atoms with E-state index in [2.05, 4.69) is 44.9 Å². The van der Waals surface area contributed by atoms with Crippen LogP contribution >= 0.6 is 0 Å². The van der Waals surface area contributed by atoms with Crippen LogP contribution in [0.4, 0.5) is 27.7 Å². The molecule has 8 heteroatoms. The first-order valence-electron chi connectivity index (χ1n) is 10.8. The van der Waals surface area contributed by atoms with Crippen LogP contribution in [0.3, 0.4) is 0 Å². The fraction of sp³-hybridized carbons (Fsp3) is 0.348. The third kappa shape index (κ3) is 4.05. The van der Waals surface area contributed by atoms with Crippen LogP contribution in [0.5, 0.6) is 0 Å². The van der Waals surface area contributed by atoms with Crippen molar-refractivity contribution >= 4 is 28.9 Å². The SMILES string of the molecule is Cn1cc(NC(=O)N2CCCNc3ccc(-c4cccc(N5CCCC5)c4)nc32)cn1. The Bertz CT molecular complexity index is 1090. The van der Waals surface area contributed by atoms with Gasteiger partial charge in [0.1, 0.15) is 0 Å². The Morgan fingerprint density at radius 1 is 1.10 bits per heavy atom. The number of benzene rings is 1. The summed E-state index contributed by atoms with van der Waals surface area (Å²) in [5, 5.41) is 10.5. The van der Waals surface area contributed by atoms with E-state index in [1.165, 1.54) is 18.5 Å². The van der Waals surface area contributed by atoms with Crippen LogP contribution in [0.2, 0.25) is 0 Å². The summed E-state index contributed by atoms with van der Waals surface area (Å²) in [5.74, 6) is 0.656. The van der Waals surface area contributed by atoms with Crippen LogP contribution in [0.25, 0.3) is 11.3 Å². The Kier molecular flexibility index (Phi) is 5.19. The van der Waals surface area contributed by atoms with Crippen molar-refractivity contribution in [2.24, 2.45) is 7.05 Å². The van der Waals surface area contributed by atoms with Crippen LogP contribution in [-0.2, 0) is 7.05 Å². The van der Waals surface area contributed by atoms with Crippen LogP contribution < -0.4 is 20.4 Å². The lowest BCUT2D eigenvalue weighted by molar-refractivity contribution is 0.257. The monoisotopic (exact) mass is 417 g/mol. The normalized spacial score (nSPS) is 15.9. The second-order valence-corrected chi connectivity index (χ2v) is 8.08. The number of hydrogen-bond acceptors (Lipinski definition) is 5. The van der Waals surface area contributed by atoms with E-state index >= 15 is 0 Å². The van der Waals surface area contributed by atoms with Crippen molar-refractivity contribution in [1.82, 2.24) is 14.8 Å². The third-order valence-electron chi connectivity index (χ3n) is 5.82. The summed E-state index contributed by atoms with van der Waals surface area (Å²) in [6.45, 7) is 3.60. The number of fused-ring (bicyclic) bond motifs is 1. The molecule has 2 aliphatic heterocycles. The molecule has 1 aromatic carbocycles. The fourth-order valence-corrected chi connectivity index (χ4v) is 4.23. The summed E-state index contributed by atoms with van der Waals surface area (Å²) in [5.41, 5.74) is 4.70. The molecule has 0 bridgehead atoms. The highest BCUT2D eigenvalue weighted by atomic mass is 16.2. The first kappa shape index (κ1) is 19.4. The number of urea groups is 1. The standard InChI is InChI=1S/C23H27N7O/c1-28-16-18(15-25-28)26-23(31)30-13-5-10-24-21-9-8-20(27-22(21)30)17-6-4-7-19(14-17)29-11-2-3-12-29/h4,6-9,14-16,24H,2-3,5,10-13H2,1H3,(H,26,31). The summed E-state index contributed by atoms with van der Waals surface area (Å²) in [6, 6.07) is 12.4. The van der Waals surface area contributed by atoms with Crippen molar-refractivity contribution in [3.05, 3.63) is 48.8 Å². The van der Waals surface area contributed by atoms with Crippen molar-refractivity contribution in [3.63, 3.8) is 0 Å². The quantitative estimate of drug-likeness (QED) is 0.675. The molecule has 4 heterocycles. The van der Waals surface area contributed by atoms with Crippen LogP contribution in [0, 0.1) is 0 Å². The molecule has 0 saturated carbocycles. The van der Waals surface area contributed by atoms with E-state index in [0.29, 0.717) is 18.1 Å². The second-order valence-electron chi connectivity index (χ2n) is 8.08. The summed E-state index contributed by atoms with van der Waals surface area (Å²) < 4.78 is 1.66. The van der Waals surface area contributed by atoms with E-state index in [9.17, 15) is 4.79 Å². The molecule has 3 aromatic rings. The maximum Gasteiger partial charge on any atom is 0.327 e. The largest absolute Gasteiger partial charge is 0.382 e. The predicted octanol–water partition coefficient (Wildman–Crippen LogP) is 3.94. The lowest BCUT2D eigenvalue weighted by Gasteiger charge is -2.22. The number of hydrogen-bond donors (Lipinski definition) is 2. The van der Waals surface area contributed by atoms with Gasteiger partial charge in [0.25, 0.3) is 0 Å². The number of nitrogens with one attached hydrogen (secondary N) is 2. The zero-order chi connectivity index (χ0) is 21.2. The zero-order valence-corrected chi connectivity index (χ0v) is 17.7. The number of rotatable bonds is 3. The van der Waals surface area contributed by atoms with E-state index in [4.69, 9.17) is 4.98 Å². The number of nitrogens with zero attached hydrogens (tertiary/aromatic N) is 5. The van der Waals surface area contributed by atoms with E-state index in [0.717, 1.165) is 43.0 Å². The second kappa shape index (κ2) is 8.29. The Hall–Kier alpha value is -3.55. The maximum atomic E-state index is 13.1. The first-order chi connectivity index (χ1) is 15.2. The van der Waals surface area contributed by atoms with Crippen molar-refractivity contribution in [3.8, 4) is 11.3 Å². The van der Waals surface area contributed by atoms with E-state index in [-0.39, 0.29) is 6.03 Å². The van der Waals surface area contributed by atoms with Gasteiger partial charge in [-0.05, 0) is 43.5 Å². The van der Waals surface area contributed by atoms with E-state index in [1.807, 2.05) is 19.2 Å². The van der Waals surface area contributed by atoms with Gasteiger partial charge in [0.2, 0.25) is 0 Å². The first-order valence-corrected chi connectivity index (χ1v) is 10.8. The molecule has 0 atom stereocenters. The van der Waals surface area contributed by atoms with Gasteiger partial charge in [-0.1, -0.05) is 12.1 Å². The van der Waals surface area contributed by atoms with Gasteiger partial charge < -0.3 is 15.5 Å². The molecule has 1 saturated heterocycles. The number of carbonyl (C=O) groups excluding carboxylic acids is 1. The minimum absolute atomic E-state index is 0.201. The molecule has 2 aliphatic rings. The predicted molar refractivity (Wildman–Crippen MR) is 124 cm³/mol. The van der Waals surface area contributed by atoms with Gasteiger partial charge in [-0.2, -0.15) is 5.10 Å². The average molecular weight is 418 g/mol. The Morgan fingerprint density at radius 2 is 1.97 bits per heavy atom. The zero-order valence-electron chi connectivity index (χ0n) is 17.7. The summed E-state index contributed by atoms with van der Waals surface area (Å²) in [6.07, 6.45) is 6.75. The number of aromatic nitrogens is 3. The van der Waals surface area contributed by atoms with E-state index in [1.54, 1.807) is 22.0 Å². The third-order valence-corrected chi connectivity index (χ3v) is 5.82. The number of carbonyl (C=O) groups is 1. The van der Waals surface area contributed by atoms with Crippen molar-refractivity contribution < 1.29 is 4.79 Å². The number of amides is 2. The highest BCUT2D eigenvalue weighted by molar-refractivity contribution is 6.03. The molecule has 31 heavy (non-hydrogen) atoms. The van der Waals surface area contributed by atoms with Gasteiger partial charge in [-0.3, -0.25) is 9.58 Å². The van der Waals surface area contributed by atoms with Crippen molar-refractivity contribution in [2.75, 3.05) is 46.6 Å². The Morgan fingerprint density at radius 3 is 2.77 bits per heavy atom. The fourth-order valence-electron chi connectivity index (χ4n) is 4.23. The van der Waals surface area contributed by atoms with Crippen LogP contribution in [0.1, 0.15) is 19.3 Å². The molecule has 5 rings (SSSR count). The molecular formula is C23H27N7O. The molecule has 0 radical (unpaired) electrons. The van der Waals surface area contributed by atoms with Crippen molar-refractivity contribution in [2.45, 2.75) is 19.3 Å². The lowest BCUT2D eigenvalue weighted by Crippen LogP contribution is -2.36. The summed E-state index contributed by atoms with van der Waals surface area (Å²) in [7, 11) is 1.82. The molecular weight excluding hydrogens is 390 g/mol. The molecule has 2 amide bonds. The topological polar surface area (TPSA) is 78.3 Å². The average Bonchev–Trinajstić information content (AvgIpc) is 3.41. The highest BCUT2D eigenvalue weighted by Crippen LogP contribution is 2.32. The smallest absolute Gasteiger partial charge is 0.327 e. The molecule has 8 nitrogen and oxygen atoms in total. The van der Waals surface area contributed by atoms with Gasteiger partial charge in [0.15, 0.2) is 5.82 Å². The minimum atomic E-state index is -0.201. The molecule has 0 spiro atoms. The lowest BCUT2D eigenvalue weighted by atomic mass is 10.1. The molecule has 2 aromatic heterocycles. The van der Waals surface area contributed by atoms with Gasteiger partial charge >= 0.3 is 6.03 Å². The van der Waals surface area contributed by atoms with Crippen LogP contribution in [-0.4, -0.2) is 47.0 Å². The van der Waals surface area contributed by atoms with Gasteiger partial charge in [-0.25, -0.2) is 9.78 Å². The van der Waals surface area contributed by atoms with Gasteiger partial charge in [-0.15, -0.1) is 0 Å². The number of aryl methyl sites for hydroxylation is 1. The summed E-state index contributed by atoms with van der Waals surface area (Å²) in [4.78, 5) is 22.1. The molecule has 0 unspecified atom stereocenters. The number of anilines is 4. The molecule has 2 N–H and O–H groups in total. The van der Waals surface area contributed by atoms with Gasteiger partial charge in [0.05, 0.1) is 23.3 Å². The van der Waals surface area contributed by atoms with Crippen LogP contribution in [0.15, 0.2) is 48.8 Å². The maximum absolute atomic E-state index is 13.1. The molecule has 1 fully saturated rings. The highest BCUT2D eigenvalue weighted by Gasteiger charge is 2.24.